The summed E-state index contributed by atoms with van der Waals surface area (Å²) in [7, 11) is 0. The molecule has 1 heterocycles. The fourth-order valence-corrected chi connectivity index (χ4v) is 3.32. The molecule has 0 aliphatic heterocycles. The molecule has 1 fully saturated rings. The van der Waals surface area contributed by atoms with Gasteiger partial charge in [-0.2, -0.15) is 0 Å². The van der Waals surface area contributed by atoms with Gasteiger partial charge in [-0.3, -0.25) is 4.99 Å². The van der Waals surface area contributed by atoms with Crippen LogP contribution >= 0.6 is 11.3 Å². The topological polar surface area (TPSA) is 50.4 Å². The first-order valence-corrected chi connectivity index (χ1v) is 8.39. The average Bonchev–Trinajstić information content (AvgIpc) is 3.13. The van der Waals surface area contributed by atoms with Crippen LogP contribution in [0.25, 0.3) is 0 Å². The lowest BCUT2D eigenvalue weighted by Crippen LogP contribution is -2.34. The molecule has 1 saturated carbocycles. The summed E-state index contributed by atoms with van der Waals surface area (Å²) in [5.41, 5.74) is 6.53. The van der Waals surface area contributed by atoms with E-state index in [0.717, 1.165) is 31.4 Å². The van der Waals surface area contributed by atoms with E-state index >= 15 is 0 Å². The summed E-state index contributed by atoms with van der Waals surface area (Å²) in [5, 5.41) is 5.20. The minimum Gasteiger partial charge on any atom is -0.370 e. The first-order chi connectivity index (χ1) is 10.7. The molecule has 2 aromatic rings. The maximum Gasteiger partial charge on any atom is 0.188 e. The number of thiophene rings is 1. The van der Waals surface area contributed by atoms with Gasteiger partial charge in [-0.15, -0.1) is 11.3 Å². The number of benzene rings is 1. The van der Waals surface area contributed by atoms with Crippen LogP contribution in [-0.4, -0.2) is 19.0 Å². The molecule has 1 aromatic heterocycles. The van der Waals surface area contributed by atoms with Crippen molar-refractivity contribution in [1.29, 1.82) is 0 Å². The van der Waals surface area contributed by atoms with Gasteiger partial charge in [-0.1, -0.05) is 24.3 Å². The lowest BCUT2D eigenvalue weighted by atomic mass is 9.95. The average molecular weight is 317 g/mol. The van der Waals surface area contributed by atoms with E-state index in [0.29, 0.717) is 12.5 Å². The predicted molar refractivity (Wildman–Crippen MR) is 89.8 cm³/mol. The standard InChI is InChI=1S/C17H20FN3S/c18-15-6-2-1-5-14(15)17(8-9-17)12-21-16(19)20-10-7-13-4-3-11-22-13/h1-6,11H,7-10,12H2,(H3,19,20,21). The Kier molecular flexibility index (Phi) is 4.43. The molecule has 0 spiro atoms. The molecule has 116 valence electrons. The second kappa shape index (κ2) is 6.48. The minimum atomic E-state index is -0.147. The molecular weight excluding hydrogens is 297 g/mol. The van der Waals surface area contributed by atoms with Gasteiger partial charge in [0.1, 0.15) is 5.82 Å². The number of halogens is 1. The van der Waals surface area contributed by atoms with Gasteiger partial charge in [-0.25, -0.2) is 4.39 Å². The van der Waals surface area contributed by atoms with Crippen molar-refractivity contribution in [2.24, 2.45) is 10.7 Å². The second-order valence-electron chi connectivity index (χ2n) is 5.72. The van der Waals surface area contributed by atoms with Gasteiger partial charge in [0.05, 0.1) is 6.54 Å². The maximum absolute atomic E-state index is 13.9. The van der Waals surface area contributed by atoms with Gasteiger partial charge in [0, 0.05) is 16.8 Å². The van der Waals surface area contributed by atoms with E-state index in [9.17, 15) is 4.39 Å². The Hall–Kier alpha value is -1.88. The van der Waals surface area contributed by atoms with Gasteiger partial charge in [0.25, 0.3) is 0 Å². The van der Waals surface area contributed by atoms with E-state index in [4.69, 9.17) is 5.73 Å². The largest absolute Gasteiger partial charge is 0.370 e. The Balaban J connectivity index is 1.53. The number of guanidine groups is 1. The monoisotopic (exact) mass is 317 g/mol. The van der Waals surface area contributed by atoms with E-state index in [-0.39, 0.29) is 11.2 Å². The van der Waals surface area contributed by atoms with E-state index in [1.807, 2.05) is 18.2 Å². The zero-order chi connectivity index (χ0) is 15.4. The number of rotatable bonds is 6. The van der Waals surface area contributed by atoms with Crippen LogP contribution in [0.15, 0.2) is 46.8 Å². The molecule has 0 unspecified atom stereocenters. The van der Waals surface area contributed by atoms with Crippen molar-refractivity contribution in [2.45, 2.75) is 24.7 Å². The third kappa shape index (κ3) is 3.47. The minimum absolute atomic E-state index is 0.139. The van der Waals surface area contributed by atoms with Crippen LogP contribution in [0.5, 0.6) is 0 Å². The Bertz CT molecular complexity index is 648. The highest BCUT2D eigenvalue weighted by Crippen LogP contribution is 2.49. The van der Waals surface area contributed by atoms with Crippen LogP contribution in [0.3, 0.4) is 0 Å². The molecular formula is C17H20FN3S. The lowest BCUT2D eigenvalue weighted by molar-refractivity contribution is 0.573. The summed E-state index contributed by atoms with van der Waals surface area (Å²) < 4.78 is 13.9. The normalized spacial score (nSPS) is 16.5. The maximum atomic E-state index is 13.9. The summed E-state index contributed by atoms with van der Waals surface area (Å²) in [6.07, 6.45) is 2.88. The first kappa shape index (κ1) is 15.0. The Morgan fingerprint density at radius 2 is 2.09 bits per heavy atom. The highest BCUT2D eigenvalue weighted by atomic mass is 32.1. The molecule has 0 amide bonds. The molecule has 0 saturated heterocycles. The van der Waals surface area contributed by atoms with Crippen molar-refractivity contribution in [2.75, 3.05) is 13.1 Å². The summed E-state index contributed by atoms with van der Waals surface area (Å²) in [6.45, 7) is 1.31. The van der Waals surface area contributed by atoms with Gasteiger partial charge >= 0.3 is 0 Å². The molecule has 5 heteroatoms. The zero-order valence-corrected chi connectivity index (χ0v) is 13.2. The number of nitrogens with two attached hydrogens (primary N) is 1. The molecule has 22 heavy (non-hydrogen) atoms. The fourth-order valence-electron chi connectivity index (χ4n) is 2.62. The summed E-state index contributed by atoms with van der Waals surface area (Å²) in [5.74, 6) is 0.304. The summed E-state index contributed by atoms with van der Waals surface area (Å²) in [6, 6.07) is 11.1. The fraction of sp³-hybridized carbons (Fsp3) is 0.353. The first-order valence-electron chi connectivity index (χ1n) is 7.51. The second-order valence-corrected chi connectivity index (χ2v) is 6.75. The van der Waals surface area contributed by atoms with Gasteiger partial charge in [0.2, 0.25) is 0 Å². The van der Waals surface area contributed by atoms with Crippen LogP contribution in [-0.2, 0) is 11.8 Å². The quantitative estimate of drug-likeness (QED) is 0.635. The van der Waals surface area contributed by atoms with Crippen LogP contribution in [0.2, 0.25) is 0 Å². The summed E-state index contributed by atoms with van der Waals surface area (Å²) in [4.78, 5) is 5.74. The van der Waals surface area contributed by atoms with Crippen LogP contribution in [0.1, 0.15) is 23.3 Å². The smallest absolute Gasteiger partial charge is 0.188 e. The van der Waals surface area contributed by atoms with Crippen molar-refractivity contribution in [3.8, 4) is 0 Å². The molecule has 3 N–H and O–H groups in total. The zero-order valence-electron chi connectivity index (χ0n) is 12.4. The molecule has 0 radical (unpaired) electrons. The molecule has 3 rings (SSSR count). The van der Waals surface area contributed by atoms with Gasteiger partial charge < -0.3 is 11.1 Å². The van der Waals surface area contributed by atoms with Crippen LogP contribution < -0.4 is 11.1 Å². The third-order valence-corrected chi connectivity index (χ3v) is 5.04. The van der Waals surface area contributed by atoms with E-state index < -0.39 is 0 Å². The number of hydrogen-bond donors (Lipinski definition) is 2. The van der Waals surface area contributed by atoms with Crippen molar-refractivity contribution in [3.05, 3.63) is 58.0 Å². The Labute approximate surface area is 134 Å². The SMILES string of the molecule is NC(=NCC1(c2ccccc2F)CC1)NCCc1cccs1. The van der Waals surface area contributed by atoms with Crippen molar-refractivity contribution in [1.82, 2.24) is 5.32 Å². The molecule has 0 atom stereocenters. The molecule has 1 aliphatic rings. The number of nitrogens with zero attached hydrogens (tertiary/aromatic N) is 1. The number of aliphatic imine (C=N–C) groups is 1. The third-order valence-electron chi connectivity index (χ3n) is 4.11. The molecule has 1 aliphatic carbocycles. The molecule has 0 bridgehead atoms. The highest BCUT2D eigenvalue weighted by molar-refractivity contribution is 7.09. The van der Waals surface area contributed by atoms with E-state index in [1.54, 1.807) is 17.4 Å². The van der Waals surface area contributed by atoms with Crippen molar-refractivity contribution in [3.63, 3.8) is 0 Å². The summed E-state index contributed by atoms with van der Waals surface area (Å²) >= 11 is 1.74. The van der Waals surface area contributed by atoms with Crippen LogP contribution in [0, 0.1) is 5.82 Å². The lowest BCUT2D eigenvalue weighted by Gasteiger charge is -2.14. The van der Waals surface area contributed by atoms with Gasteiger partial charge in [0.15, 0.2) is 5.96 Å². The Morgan fingerprint density at radius 3 is 2.77 bits per heavy atom. The number of hydrogen-bond acceptors (Lipinski definition) is 2. The highest BCUT2D eigenvalue weighted by Gasteiger charge is 2.45. The van der Waals surface area contributed by atoms with Crippen molar-refractivity contribution >= 4 is 17.3 Å². The number of nitrogens with one attached hydrogen (secondary N) is 1. The Morgan fingerprint density at radius 1 is 1.27 bits per heavy atom. The molecule has 3 nitrogen and oxygen atoms in total. The predicted octanol–water partition coefficient (Wildman–Crippen LogP) is 3.07. The van der Waals surface area contributed by atoms with Gasteiger partial charge in [-0.05, 0) is 42.3 Å². The molecule has 1 aromatic carbocycles. The van der Waals surface area contributed by atoms with E-state index in [2.05, 4.69) is 21.8 Å². The van der Waals surface area contributed by atoms with Crippen molar-refractivity contribution < 1.29 is 4.39 Å². The van der Waals surface area contributed by atoms with Crippen LogP contribution in [0.4, 0.5) is 4.39 Å². The van der Waals surface area contributed by atoms with E-state index in [1.165, 1.54) is 10.9 Å².